The molecule has 0 amide bonds. The van der Waals surface area contributed by atoms with Crippen LogP contribution < -0.4 is 16.4 Å². The average Bonchev–Trinajstić information content (AvgIpc) is 2.30. The third kappa shape index (κ3) is 3.10. The number of hydrogen-bond donors (Lipinski definition) is 2. The van der Waals surface area contributed by atoms with Crippen molar-refractivity contribution in [3.05, 3.63) is 24.3 Å². The summed E-state index contributed by atoms with van der Waals surface area (Å²) in [6.45, 7) is 4.35. The summed E-state index contributed by atoms with van der Waals surface area (Å²) < 4.78 is 0. The van der Waals surface area contributed by atoms with Crippen LogP contribution in [-0.2, 0) is 0 Å². The molecule has 1 aromatic rings. The van der Waals surface area contributed by atoms with Gasteiger partial charge in [-0.1, -0.05) is 0 Å². The Balaban J connectivity index is 2.05. The van der Waals surface area contributed by atoms with E-state index in [1.165, 1.54) is 5.69 Å². The second-order valence-electron chi connectivity index (χ2n) is 4.34. The normalized spacial score (nSPS) is 16.9. The molecule has 0 unspecified atom stereocenters. The van der Waals surface area contributed by atoms with Gasteiger partial charge in [0.15, 0.2) is 5.96 Å². The zero-order chi connectivity index (χ0) is 12.3. The maximum absolute atomic E-state index is 5.33. The molecule has 5 nitrogen and oxygen atoms in total. The summed E-state index contributed by atoms with van der Waals surface area (Å²) in [4.78, 5) is 8.72. The first-order valence-electron chi connectivity index (χ1n) is 5.78. The van der Waals surface area contributed by atoms with Gasteiger partial charge in [-0.05, 0) is 31.3 Å². The van der Waals surface area contributed by atoms with Crippen molar-refractivity contribution in [2.75, 3.05) is 38.1 Å². The topological polar surface area (TPSA) is 70.9 Å². The van der Waals surface area contributed by atoms with Crippen LogP contribution in [0.1, 0.15) is 0 Å². The Morgan fingerprint density at radius 2 is 1.65 bits per heavy atom. The van der Waals surface area contributed by atoms with Gasteiger partial charge in [-0.3, -0.25) is 0 Å². The molecule has 2 rings (SSSR count). The standard InChI is InChI=1S/C12H19N5/c1-16-6-8-17(9-7-16)11-4-2-10(3-5-11)15-12(13)14/h2-5H,6-9H2,1H3,(H4,13,14,15). The first-order chi connectivity index (χ1) is 8.15. The molecule has 0 aromatic heterocycles. The molecule has 0 saturated carbocycles. The smallest absolute Gasteiger partial charge is 0.191 e. The van der Waals surface area contributed by atoms with Crippen LogP contribution in [0.4, 0.5) is 11.4 Å². The molecule has 1 aromatic carbocycles. The van der Waals surface area contributed by atoms with Crippen molar-refractivity contribution >= 4 is 17.3 Å². The molecule has 1 aliphatic rings. The molecule has 0 atom stereocenters. The van der Waals surface area contributed by atoms with Crippen LogP contribution in [0.25, 0.3) is 0 Å². The van der Waals surface area contributed by atoms with Gasteiger partial charge in [-0.15, -0.1) is 0 Å². The number of rotatable bonds is 2. The van der Waals surface area contributed by atoms with Gasteiger partial charge in [0.2, 0.25) is 0 Å². The molecule has 5 heteroatoms. The number of nitrogens with zero attached hydrogens (tertiary/aromatic N) is 3. The third-order valence-electron chi connectivity index (χ3n) is 2.98. The number of piperazine rings is 1. The zero-order valence-electron chi connectivity index (χ0n) is 10.1. The number of anilines is 1. The summed E-state index contributed by atoms with van der Waals surface area (Å²) in [7, 11) is 2.15. The van der Waals surface area contributed by atoms with Crippen molar-refractivity contribution < 1.29 is 0 Å². The van der Waals surface area contributed by atoms with E-state index in [1.54, 1.807) is 0 Å². The van der Waals surface area contributed by atoms with Crippen LogP contribution in [0.2, 0.25) is 0 Å². The third-order valence-corrected chi connectivity index (χ3v) is 2.98. The van der Waals surface area contributed by atoms with Crippen molar-refractivity contribution in [3.8, 4) is 0 Å². The lowest BCUT2D eigenvalue weighted by Gasteiger charge is -2.34. The second kappa shape index (κ2) is 5.05. The van der Waals surface area contributed by atoms with E-state index in [9.17, 15) is 0 Å². The second-order valence-corrected chi connectivity index (χ2v) is 4.34. The van der Waals surface area contributed by atoms with Gasteiger partial charge in [0.1, 0.15) is 0 Å². The molecular formula is C12H19N5. The number of hydrogen-bond acceptors (Lipinski definition) is 3. The van der Waals surface area contributed by atoms with Crippen LogP contribution in [-0.4, -0.2) is 44.1 Å². The van der Waals surface area contributed by atoms with Crippen molar-refractivity contribution in [2.24, 2.45) is 16.5 Å². The van der Waals surface area contributed by atoms with Crippen molar-refractivity contribution in [1.82, 2.24) is 4.90 Å². The first kappa shape index (κ1) is 11.7. The van der Waals surface area contributed by atoms with E-state index in [0.717, 1.165) is 31.9 Å². The van der Waals surface area contributed by atoms with E-state index in [1.807, 2.05) is 12.1 Å². The van der Waals surface area contributed by atoms with E-state index in [4.69, 9.17) is 11.5 Å². The quantitative estimate of drug-likeness (QED) is 0.571. The summed E-state index contributed by atoms with van der Waals surface area (Å²) in [6.07, 6.45) is 0. The van der Waals surface area contributed by atoms with Gasteiger partial charge in [-0.25, -0.2) is 4.99 Å². The fraction of sp³-hybridized carbons (Fsp3) is 0.417. The molecule has 4 N–H and O–H groups in total. The predicted octanol–water partition coefficient (Wildman–Crippen LogP) is 0.343. The van der Waals surface area contributed by atoms with E-state index < -0.39 is 0 Å². The van der Waals surface area contributed by atoms with Gasteiger partial charge in [0, 0.05) is 31.9 Å². The van der Waals surface area contributed by atoms with Gasteiger partial charge >= 0.3 is 0 Å². The number of nitrogens with two attached hydrogens (primary N) is 2. The lowest BCUT2D eigenvalue weighted by molar-refractivity contribution is 0.313. The summed E-state index contributed by atoms with van der Waals surface area (Å²) in [5.41, 5.74) is 12.7. The molecule has 1 fully saturated rings. The molecule has 1 saturated heterocycles. The maximum atomic E-state index is 5.33. The van der Waals surface area contributed by atoms with Crippen LogP contribution in [0.5, 0.6) is 0 Å². The van der Waals surface area contributed by atoms with Crippen molar-refractivity contribution in [1.29, 1.82) is 0 Å². The summed E-state index contributed by atoms with van der Waals surface area (Å²) in [6, 6.07) is 8.00. The van der Waals surface area contributed by atoms with E-state index in [0.29, 0.717) is 0 Å². The Labute approximate surface area is 102 Å². The average molecular weight is 233 g/mol. The fourth-order valence-corrected chi connectivity index (χ4v) is 1.95. The minimum Gasteiger partial charge on any atom is -0.370 e. The number of guanidine groups is 1. The van der Waals surface area contributed by atoms with Crippen LogP contribution in [0.15, 0.2) is 29.3 Å². The molecule has 0 bridgehead atoms. The molecule has 1 heterocycles. The largest absolute Gasteiger partial charge is 0.370 e. The lowest BCUT2D eigenvalue weighted by Crippen LogP contribution is -2.44. The van der Waals surface area contributed by atoms with Gasteiger partial charge in [-0.2, -0.15) is 0 Å². The van der Waals surface area contributed by atoms with Crippen LogP contribution >= 0.6 is 0 Å². The first-order valence-corrected chi connectivity index (χ1v) is 5.78. The highest BCUT2D eigenvalue weighted by Gasteiger charge is 2.13. The molecule has 0 spiro atoms. The molecule has 1 aliphatic heterocycles. The Morgan fingerprint density at radius 1 is 1.06 bits per heavy atom. The monoisotopic (exact) mass is 233 g/mol. The minimum absolute atomic E-state index is 0.0948. The highest BCUT2D eigenvalue weighted by molar-refractivity contribution is 5.79. The Bertz CT molecular complexity index is 386. The van der Waals surface area contributed by atoms with Crippen LogP contribution in [0, 0.1) is 0 Å². The number of likely N-dealkylation sites (N-methyl/N-ethyl adjacent to an activating group) is 1. The predicted molar refractivity (Wildman–Crippen MR) is 71.6 cm³/mol. The maximum Gasteiger partial charge on any atom is 0.191 e. The summed E-state index contributed by atoms with van der Waals surface area (Å²) in [5.74, 6) is 0.0948. The zero-order valence-corrected chi connectivity index (χ0v) is 10.1. The Morgan fingerprint density at radius 3 is 2.18 bits per heavy atom. The highest BCUT2D eigenvalue weighted by Crippen LogP contribution is 2.20. The molecule has 17 heavy (non-hydrogen) atoms. The van der Waals surface area contributed by atoms with Crippen molar-refractivity contribution in [3.63, 3.8) is 0 Å². The van der Waals surface area contributed by atoms with E-state index in [2.05, 4.69) is 34.0 Å². The van der Waals surface area contributed by atoms with Gasteiger partial charge in [0.05, 0.1) is 5.69 Å². The van der Waals surface area contributed by atoms with Gasteiger partial charge < -0.3 is 21.3 Å². The number of aliphatic imine (C=N–C) groups is 1. The summed E-state index contributed by atoms with van der Waals surface area (Å²) >= 11 is 0. The fourth-order valence-electron chi connectivity index (χ4n) is 1.95. The van der Waals surface area contributed by atoms with E-state index in [-0.39, 0.29) is 5.96 Å². The van der Waals surface area contributed by atoms with Crippen molar-refractivity contribution in [2.45, 2.75) is 0 Å². The van der Waals surface area contributed by atoms with Gasteiger partial charge in [0.25, 0.3) is 0 Å². The number of benzene rings is 1. The SMILES string of the molecule is CN1CCN(c2ccc(N=C(N)N)cc2)CC1. The molecule has 0 aliphatic carbocycles. The lowest BCUT2D eigenvalue weighted by atomic mass is 10.2. The van der Waals surface area contributed by atoms with E-state index >= 15 is 0 Å². The molecular weight excluding hydrogens is 214 g/mol. The minimum atomic E-state index is 0.0948. The Hall–Kier alpha value is -1.75. The molecule has 92 valence electrons. The Kier molecular flexibility index (Phi) is 3.49. The molecule has 0 radical (unpaired) electrons. The summed E-state index contributed by atoms with van der Waals surface area (Å²) in [5, 5.41) is 0. The highest BCUT2D eigenvalue weighted by atomic mass is 15.2. The van der Waals surface area contributed by atoms with Crippen LogP contribution in [0.3, 0.4) is 0 Å².